The summed E-state index contributed by atoms with van der Waals surface area (Å²) in [7, 11) is 0. The number of aryl methyl sites for hydroxylation is 1. The summed E-state index contributed by atoms with van der Waals surface area (Å²) in [5.41, 5.74) is 2.09. The summed E-state index contributed by atoms with van der Waals surface area (Å²) in [6.07, 6.45) is 5.95. The molecule has 17 heavy (non-hydrogen) atoms. The van der Waals surface area contributed by atoms with E-state index < -0.39 is 0 Å². The van der Waals surface area contributed by atoms with E-state index in [2.05, 4.69) is 35.3 Å². The largest absolute Gasteiger partial charge is 0.350 e. The fourth-order valence-electron chi connectivity index (χ4n) is 2.23. The van der Waals surface area contributed by atoms with Crippen molar-refractivity contribution in [2.24, 2.45) is 5.92 Å². The second-order valence-electron chi connectivity index (χ2n) is 5.12. The Kier molecular flexibility index (Phi) is 2.50. The summed E-state index contributed by atoms with van der Waals surface area (Å²) >= 11 is 0. The molecule has 1 N–H and O–H groups in total. The van der Waals surface area contributed by atoms with Gasteiger partial charge in [0.2, 0.25) is 5.95 Å². The van der Waals surface area contributed by atoms with Gasteiger partial charge in [-0.2, -0.15) is 4.98 Å². The molecular formula is C13H18N4. The van der Waals surface area contributed by atoms with Gasteiger partial charge in [0.25, 0.3) is 0 Å². The van der Waals surface area contributed by atoms with E-state index in [4.69, 9.17) is 0 Å². The maximum Gasteiger partial charge on any atom is 0.243 e. The number of nitrogens with one attached hydrogen (secondary N) is 1. The first-order chi connectivity index (χ1) is 8.22. The van der Waals surface area contributed by atoms with Gasteiger partial charge >= 0.3 is 0 Å². The molecule has 1 atom stereocenters. The summed E-state index contributed by atoms with van der Waals surface area (Å²) < 4.78 is 1.83. The zero-order valence-electron chi connectivity index (χ0n) is 10.3. The molecule has 1 aliphatic carbocycles. The normalized spacial score (nSPS) is 17.3. The van der Waals surface area contributed by atoms with Crippen LogP contribution in [0.3, 0.4) is 0 Å². The Morgan fingerprint density at radius 3 is 3.06 bits per heavy atom. The first kappa shape index (κ1) is 10.6. The smallest absolute Gasteiger partial charge is 0.243 e. The fraction of sp³-hybridized carbons (Fsp3) is 0.538. The molecule has 2 aromatic heterocycles. The number of nitrogens with zero attached hydrogens (tertiary/aromatic N) is 3. The maximum atomic E-state index is 4.52. The van der Waals surface area contributed by atoms with Crippen molar-refractivity contribution in [1.82, 2.24) is 14.6 Å². The van der Waals surface area contributed by atoms with Crippen molar-refractivity contribution in [3.05, 3.63) is 23.9 Å². The van der Waals surface area contributed by atoms with Gasteiger partial charge in [-0.3, -0.25) is 0 Å². The van der Waals surface area contributed by atoms with Crippen molar-refractivity contribution in [2.45, 2.75) is 39.2 Å². The van der Waals surface area contributed by atoms with Gasteiger partial charge < -0.3 is 5.32 Å². The monoisotopic (exact) mass is 230 g/mol. The average molecular weight is 230 g/mol. The quantitative estimate of drug-likeness (QED) is 0.878. The van der Waals surface area contributed by atoms with Crippen LogP contribution in [0, 0.1) is 12.8 Å². The molecule has 0 amide bonds. The van der Waals surface area contributed by atoms with E-state index in [9.17, 15) is 0 Å². The molecule has 90 valence electrons. The van der Waals surface area contributed by atoms with Crippen molar-refractivity contribution in [2.75, 3.05) is 5.32 Å². The molecule has 3 rings (SSSR count). The van der Waals surface area contributed by atoms with Crippen LogP contribution in [0.1, 0.15) is 31.7 Å². The molecule has 0 bridgehead atoms. The average Bonchev–Trinajstić information content (AvgIpc) is 2.97. The molecule has 2 aromatic rings. The van der Waals surface area contributed by atoms with Crippen LogP contribution in [-0.2, 0) is 0 Å². The molecule has 0 radical (unpaired) electrons. The number of hydrogen-bond donors (Lipinski definition) is 1. The first-order valence-electron chi connectivity index (χ1n) is 6.31. The molecule has 0 spiro atoms. The Balaban J connectivity index is 1.78. The van der Waals surface area contributed by atoms with E-state index in [1.165, 1.54) is 19.3 Å². The predicted octanol–water partition coefficient (Wildman–Crippen LogP) is 2.64. The Morgan fingerprint density at radius 2 is 2.35 bits per heavy atom. The van der Waals surface area contributed by atoms with Gasteiger partial charge in [-0.15, -0.1) is 5.10 Å². The first-order valence-corrected chi connectivity index (χ1v) is 6.31. The highest BCUT2D eigenvalue weighted by atomic mass is 15.3. The molecule has 2 heterocycles. The minimum Gasteiger partial charge on any atom is -0.350 e. The Bertz CT molecular complexity index is 527. The third-order valence-corrected chi connectivity index (χ3v) is 3.32. The molecular weight excluding hydrogens is 212 g/mol. The van der Waals surface area contributed by atoms with E-state index in [0.29, 0.717) is 6.04 Å². The molecule has 0 aromatic carbocycles. The van der Waals surface area contributed by atoms with Gasteiger partial charge in [0.05, 0.1) is 0 Å². The highest BCUT2D eigenvalue weighted by Crippen LogP contribution is 2.33. The van der Waals surface area contributed by atoms with Crippen molar-refractivity contribution in [3.8, 4) is 0 Å². The highest BCUT2D eigenvalue weighted by Gasteiger charge is 2.23. The van der Waals surface area contributed by atoms with Crippen molar-refractivity contribution in [1.29, 1.82) is 0 Å². The van der Waals surface area contributed by atoms with Gasteiger partial charge in [-0.1, -0.05) is 18.9 Å². The minimum atomic E-state index is 0.459. The minimum absolute atomic E-state index is 0.459. The van der Waals surface area contributed by atoms with Gasteiger partial charge in [-0.05, 0) is 37.8 Å². The lowest BCUT2D eigenvalue weighted by molar-refractivity contribution is 0.637. The lowest BCUT2D eigenvalue weighted by Crippen LogP contribution is -2.16. The summed E-state index contributed by atoms with van der Waals surface area (Å²) in [6, 6.07) is 4.51. The van der Waals surface area contributed by atoms with E-state index in [1.54, 1.807) is 0 Å². The molecule has 1 aliphatic rings. The third kappa shape index (κ3) is 2.25. The standard InChI is InChI=1S/C13H18N4/c1-9-4-3-7-17-12(9)15-13(16-17)14-10(2)8-11-5-6-11/h3-4,7,10-11H,5-6,8H2,1-2H3,(H,14,16). The van der Waals surface area contributed by atoms with E-state index in [-0.39, 0.29) is 0 Å². The number of pyridine rings is 1. The van der Waals surface area contributed by atoms with Crippen LogP contribution in [0.2, 0.25) is 0 Å². The Morgan fingerprint density at radius 1 is 1.53 bits per heavy atom. The topological polar surface area (TPSA) is 42.2 Å². The van der Waals surface area contributed by atoms with E-state index in [1.807, 2.05) is 16.8 Å². The SMILES string of the molecule is Cc1cccn2nc(NC(C)CC3CC3)nc12. The van der Waals surface area contributed by atoms with Crippen LogP contribution in [-0.4, -0.2) is 20.6 Å². The van der Waals surface area contributed by atoms with Gasteiger partial charge in [0.1, 0.15) is 0 Å². The summed E-state index contributed by atoms with van der Waals surface area (Å²) in [4.78, 5) is 4.52. The number of fused-ring (bicyclic) bond motifs is 1. The lowest BCUT2D eigenvalue weighted by atomic mass is 10.2. The fourth-order valence-corrected chi connectivity index (χ4v) is 2.23. The van der Waals surface area contributed by atoms with Crippen molar-refractivity contribution in [3.63, 3.8) is 0 Å². The number of aromatic nitrogens is 3. The molecule has 1 saturated carbocycles. The molecule has 1 unspecified atom stereocenters. The summed E-state index contributed by atoms with van der Waals surface area (Å²) in [6.45, 7) is 4.26. The number of anilines is 1. The van der Waals surface area contributed by atoms with Gasteiger partial charge in [-0.25, -0.2) is 4.52 Å². The molecule has 4 heteroatoms. The second-order valence-corrected chi connectivity index (χ2v) is 5.12. The second kappa shape index (κ2) is 4.02. The Labute approximate surface area is 101 Å². The van der Waals surface area contributed by atoms with Crippen molar-refractivity contribution < 1.29 is 0 Å². The van der Waals surface area contributed by atoms with Crippen LogP contribution < -0.4 is 5.32 Å². The van der Waals surface area contributed by atoms with Crippen LogP contribution in [0.4, 0.5) is 5.95 Å². The highest BCUT2D eigenvalue weighted by molar-refractivity contribution is 5.49. The van der Waals surface area contributed by atoms with Crippen LogP contribution in [0.25, 0.3) is 5.65 Å². The predicted molar refractivity (Wildman–Crippen MR) is 68.1 cm³/mol. The zero-order valence-corrected chi connectivity index (χ0v) is 10.3. The maximum absolute atomic E-state index is 4.52. The number of rotatable bonds is 4. The molecule has 0 saturated heterocycles. The van der Waals surface area contributed by atoms with Crippen molar-refractivity contribution >= 4 is 11.6 Å². The molecule has 4 nitrogen and oxygen atoms in total. The van der Waals surface area contributed by atoms with Crippen LogP contribution in [0.5, 0.6) is 0 Å². The molecule has 0 aliphatic heterocycles. The lowest BCUT2D eigenvalue weighted by Gasteiger charge is -2.10. The van der Waals surface area contributed by atoms with Crippen LogP contribution >= 0.6 is 0 Å². The summed E-state index contributed by atoms with van der Waals surface area (Å²) in [5, 5.41) is 7.82. The Hall–Kier alpha value is -1.58. The third-order valence-electron chi connectivity index (χ3n) is 3.32. The number of hydrogen-bond acceptors (Lipinski definition) is 3. The van der Waals surface area contributed by atoms with Gasteiger partial charge in [0, 0.05) is 12.2 Å². The zero-order chi connectivity index (χ0) is 11.8. The molecule has 1 fully saturated rings. The van der Waals surface area contributed by atoms with E-state index in [0.717, 1.165) is 23.1 Å². The van der Waals surface area contributed by atoms with Gasteiger partial charge in [0.15, 0.2) is 5.65 Å². The van der Waals surface area contributed by atoms with Crippen LogP contribution in [0.15, 0.2) is 18.3 Å². The summed E-state index contributed by atoms with van der Waals surface area (Å²) in [5.74, 6) is 1.67. The van der Waals surface area contributed by atoms with E-state index >= 15 is 0 Å².